The standard InChI is InChI=1S/C49H92N2O7/c1-3-5-7-9-11-12-13-14-15-16-17-18-19-20-21-22-23-24-25-26-28-33-37-41-48(55)58-44(38-34-30-27-10-8-6-4-2)39-35-31-29-32-36-40-46(53)50-42-47(54)51-45(43-52)49(56)57/h16-17,44-45,52H,3-15,18-43H2,1-2H3,(H,50,53)(H,51,54)(H,56,57)/b17-16-. The van der Waals surface area contributed by atoms with Crippen molar-refractivity contribution in [1.82, 2.24) is 10.6 Å². The number of aliphatic carboxylic acids is 1. The lowest BCUT2D eigenvalue weighted by Gasteiger charge is -2.18. The molecule has 0 aliphatic carbocycles. The first kappa shape index (κ1) is 55.6. The van der Waals surface area contributed by atoms with Crippen LogP contribution in [0.5, 0.6) is 0 Å². The molecule has 9 heteroatoms. The Bertz CT molecular complexity index is 988. The van der Waals surface area contributed by atoms with Gasteiger partial charge in [0.05, 0.1) is 13.2 Å². The van der Waals surface area contributed by atoms with Crippen molar-refractivity contribution in [2.45, 2.75) is 264 Å². The van der Waals surface area contributed by atoms with E-state index in [2.05, 4.69) is 36.6 Å². The Hall–Kier alpha value is -2.42. The normalized spacial score (nSPS) is 12.5. The minimum absolute atomic E-state index is 0.00683. The van der Waals surface area contributed by atoms with Crippen molar-refractivity contribution < 1.29 is 34.1 Å². The summed E-state index contributed by atoms with van der Waals surface area (Å²) in [6.07, 6.45) is 48.4. The Labute approximate surface area is 356 Å². The number of carboxylic acid groups (broad SMARTS) is 1. The molecule has 0 radical (unpaired) electrons. The minimum Gasteiger partial charge on any atom is -0.480 e. The van der Waals surface area contributed by atoms with Crippen LogP contribution in [0.2, 0.25) is 0 Å². The van der Waals surface area contributed by atoms with Crippen LogP contribution >= 0.6 is 0 Å². The van der Waals surface area contributed by atoms with Crippen molar-refractivity contribution in [3.8, 4) is 0 Å². The van der Waals surface area contributed by atoms with E-state index in [0.29, 0.717) is 19.3 Å². The molecule has 0 rings (SSSR count). The first-order valence-corrected chi connectivity index (χ1v) is 24.6. The molecule has 0 aliphatic heterocycles. The fourth-order valence-electron chi connectivity index (χ4n) is 7.48. The maximum absolute atomic E-state index is 12.8. The van der Waals surface area contributed by atoms with Gasteiger partial charge in [0.15, 0.2) is 0 Å². The summed E-state index contributed by atoms with van der Waals surface area (Å²) >= 11 is 0. The number of rotatable bonds is 45. The average Bonchev–Trinajstić information content (AvgIpc) is 3.21. The lowest BCUT2D eigenvalue weighted by Crippen LogP contribution is -2.47. The first-order chi connectivity index (χ1) is 28.3. The van der Waals surface area contributed by atoms with Crippen LogP contribution in [0, 0.1) is 0 Å². The van der Waals surface area contributed by atoms with Crippen LogP contribution in [0.15, 0.2) is 12.2 Å². The molecule has 9 nitrogen and oxygen atoms in total. The number of hydrogen-bond donors (Lipinski definition) is 4. The lowest BCUT2D eigenvalue weighted by atomic mass is 10.0. The molecule has 340 valence electrons. The number of aliphatic hydroxyl groups is 1. The van der Waals surface area contributed by atoms with Crippen molar-refractivity contribution in [3.05, 3.63) is 12.2 Å². The van der Waals surface area contributed by atoms with E-state index in [9.17, 15) is 19.2 Å². The van der Waals surface area contributed by atoms with Gasteiger partial charge in [0.25, 0.3) is 0 Å². The molecule has 0 bridgehead atoms. The van der Waals surface area contributed by atoms with Gasteiger partial charge in [-0.15, -0.1) is 0 Å². The molecule has 0 aromatic rings. The zero-order valence-corrected chi connectivity index (χ0v) is 37.8. The van der Waals surface area contributed by atoms with Gasteiger partial charge in [0.2, 0.25) is 11.8 Å². The van der Waals surface area contributed by atoms with E-state index >= 15 is 0 Å². The van der Waals surface area contributed by atoms with E-state index in [1.165, 1.54) is 161 Å². The van der Waals surface area contributed by atoms with Gasteiger partial charge < -0.3 is 25.6 Å². The molecule has 4 N–H and O–H groups in total. The Balaban J connectivity index is 4.00. The Morgan fingerprint density at radius 1 is 0.500 bits per heavy atom. The molecular weight excluding hydrogens is 729 g/mol. The number of hydrogen-bond acceptors (Lipinski definition) is 6. The number of unbranched alkanes of at least 4 members (excludes halogenated alkanes) is 29. The average molecular weight is 821 g/mol. The maximum Gasteiger partial charge on any atom is 0.328 e. The molecule has 0 aromatic heterocycles. The summed E-state index contributed by atoms with van der Waals surface area (Å²) in [6, 6.07) is -1.38. The number of esters is 1. The minimum atomic E-state index is -1.38. The van der Waals surface area contributed by atoms with Crippen molar-refractivity contribution in [3.63, 3.8) is 0 Å². The molecule has 0 saturated heterocycles. The molecule has 2 atom stereocenters. The third-order valence-electron chi connectivity index (χ3n) is 11.3. The topological polar surface area (TPSA) is 142 Å². The van der Waals surface area contributed by atoms with Crippen molar-refractivity contribution in [2.75, 3.05) is 13.2 Å². The molecular formula is C49H92N2O7. The number of aliphatic hydroxyl groups excluding tert-OH is 1. The van der Waals surface area contributed by atoms with Crippen LogP contribution in [0.3, 0.4) is 0 Å². The number of carbonyl (C=O) groups is 4. The van der Waals surface area contributed by atoms with Crippen molar-refractivity contribution >= 4 is 23.8 Å². The molecule has 58 heavy (non-hydrogen) atoms. The predicted octanol–water partition coefficient (Wildman–Crippen LogP) is 12.6. The third-order valence-corrected chi connectivity index (χ3v) is 11.3. The molecule has 2 amide bonds. The van der Waals surface area contributed by atoms with Gasteiger partial charge in [-0.3, -0.25) is 14.4 Å². The van der Waals surface area contributed by atoms with E-state index in [-0.39, 0.29) is 24.5 Å². The molecule has 0 aliphatic rings. The summed E-state index contributed by atoms with van der Waals surface area (Å²) in [7, 11) is 0. The lowest BCUT2D eigenvalue weighted by molar-refractivity contribution is -0.150. The van der Waals surface area contributed by atoms with Gasteiger partial charge in [-0.25, -0.2) is 4.79 Å². The second-order valence-electron chi connectivity index (χ2n) is 16.9. The van der Waals surface area contributed by atoms with E-state index in [4.69, 9.17) is 14.9 Å². The van der Waals surface area contributed by atoms with E-state index < -0.39 is 24.5 Å². The quantitative estimate of drug-likeness (QED) is 0.0272. The number of ether oxygens (including phenoxy) is 1. The summed E-state index contributed by atoms with van der Waals surface area (Å²) in [5, 5.41) is 22.6. The van der Waals surface area contributed by atoms with Gasteiger partial charge in [-0.1, -0.05) is 187 Å². The molecule has 0 heterocycles. The van der Waals surface area contributed by atoms with E-state index in [1.807, 2.05) is 0 Å². The number of carbonyl (C=O) groups excluding carboxylic acids is 3. The molecule has 0 aromatic carbocycles. The number of nitrogens with one attached hydrogen (secondary N) is 2. The Morgan fingerprint density at radius 2 is 0.879 bits per heavy atom. The summed E-state index contributed by atoms with van der Waals surface area (Å²) in [6.45, 7) is 3.49. The maximum atomic E-state index is 12.8. The van der Waals surface area contributed by atoms with E-state index in [1.54, 1.807) is 0 Å². The highest BCUT2D eigenvalue weighted by molar-refractivity contribution is 5.87. The largest absolute Gasteiger partial charge is 0.480 e. The fourth-order valence-corrected chi connectivity index (χ4v) is 7.48. The van der Waals surface area contributed by atoms with Crippen LogP contribution in [-0.4, -0.2) is 59.3 Å². The molecule has 0 fully saturated rings. The van der Waals surface area contributed by atoms with Crippen LogP contribution < -0.4 is 10.6 Å². The number of amides is 2. The fraction of sp³-hybridized carbons (Fsp3) is 0.878. The first-order valence-electron chi connectivity index (χ1n) is 24.6. The highest BCUT2D eigenvalue weighted by atomic mass is 16.5. The summed E-state index contributed by atoms with van der Waals surface area (Å²) < 4.78 is 6.02. The smallest absolute Gasteiger partial charge is 0.328 e. The monoisotopic (exact) mass is 821 g/mol. The highest BCUT2D eigenvalue weighted by Gasteiger charge is 2.19. The predicted molar refractivity (Wildman–Crippen MR) is 241 cm³/mol. The zero-order chi connectivity index (χ0) is 42.6. The van der Waals surface area contributed by atoms with Gasteiger partial charge in [-0.05, 0) is 64.2 Å². The summed E-state index contributed by atoms with van der Waals surface area (Å²) in [5.74, 6) is -2.28. The number of carboxylic acids is 1. The number of allylic oxidation sites excluding steroid dienone is 2. The third kappa shape index (κ3) is 40.4. The van der Waals surface area contributed by atoms with Crippen molar-refractivity contribution in [2.24, 2.45) is 0 Å². The van der Waals surface area contributed by atoms with Gasteiger partial charge in [0, 0.05) is 12.8 Å². The van der Waals surface area contributed by atoms with E-state index in [0.717, 1.165) is 57.8 Å². The van der Waals surface area contributed by atoms with Gasteiger partial charge in [0.1, 0.15) is 12.1 Å². The summed E-state index contributed by atoms with van der Waals surface area (Å²) in [5.41, 5.74) is 0. The zero-order valence-electron chi connectivity index (χ0n) is 37.8. The molecule has 0 saturated carbocycles. The molecule has 0 spiro atoms. The van der Waals surface area contributed by atoms with Crippen LogP contribution in [0.25, 0.3) is 0 Å². The van der Waals surface area contributed by atoms with Crippen LogP contribution in [0.4, 0.5) is 0 Å². The molecule has 2 unspecified atom stereocenters. The Morgan fingerprint density at radius 3 is 1.29 bits per heavy atom. The Kier molecular flexibility index (Phi) is 42.3. The van der Waals surface area contributed by atoms with Gasteiger partial charge in [-0.2, -0.15) is 0 Å². The van der Waals surface area contributed by atoms with Gasteiger partial charge >= 0.3 is 11.9 Å². The van der Waals surface area contributed by atoms with Crippen LogP contribution in [0.1, 0.15) is 251 Å². The second kappa shape index (κ2) is 44.1. The van der Waals surface area contributed by atoms with Crippen LogP contribution in [-0.2, 0) is 23.9 Å². The summed E-state index contributed by atoms with van der Waals surface area (Å²) in [4.78, 5) is 47.6. The second-order valence-corrected chi connectivity index (χ2v) is 16.9. The highest BCUT2D eigenvalue weighted by Crippen LogP contribution is 2.19. The van der Waals surface area contributed by atoms with Crippen molar-refractivity contribution in [1.29, 1.82) is 0 Å². The SMILES string of the molecule is CCCCCCCCCC/C=C\CCCCCCCCCCCCCC(=O)OC(CCCCCCCCC)CCCCCCCC(=O)NCC(=O)NC(CO)C(=O)O.